The predicted octanol–water partition coefficient (Wildman–Crippen LogP) is 3.04. The smallest absolute Gasteiger partial charge is 0.303 e. The van der Waals surface area contributed by atoms with Crippen LogP contribution in [0, 0.1) is 0 Å². The molecular formula is C11H11NO2S2. The number of hydrogen-bond donors (Lipinski definition) is 1. The van der Waals surface area contributed by atoms with Gasteiger partial charge in [-0.15, -0.1) is 11.3 Å². The van der Waals surface area contributed by atoms with Crippen LogP contribution in [0.3, 0.4) is 0 Å². The summed E-state index contributed by atoms with van der Waals surface area (Å²) in [6, 6.07) is 5.95. The Hall–Kier alpha value is -1.07. The average molecular weight is 253 g/mol. The van der Waals surface area contributed by atoms with Crippen LogP contribution < -0.4 is 0 Å². The molecule has 0 saturated heterocycles. The Bertz CT molecular complexity index is 522. The minimum atomic E-state index is -0.755. The molecule has 2 rings (SSSR count). The van der Waals surface area contributed by atoms with Crippen molar-refractivity contribution >= 4 is 39.3 Å². The van der Waals surface area contributed by atoms with E-state index in [0.717, 1.165) is 20.1 Å². The molecule has 0 saturated carbocycles. The maximum atomic E-state index is 10.5. The van der Waals surface area contributed by atoms with E-state index in [1.807, 2.05) is 24.5 Å². The molecular weight excluding hydrogens is 242 g/mol. The summed E-state index contributed by atoms with van der Waals surface area (Å²) in [5.41, 5.74) is 2.06. The highest BCUT2D eigenvalue weighted by atomic mass is 32.2. The van der Waals surface area contributed by atoms with Crippen LogP contribution in [0.1, 0.15) is 12.0 Å². The third-order valence-electron chi connectivity index (χ3n) is 2.24. The van der Waals surface area contributed by atoms with Gasteiger partial charge in [0, 0.05) is 6.42 Å². The van der Waals surface area contributed by atoms with Crippen molar-refractivity contribution in [1.82, 2.24) is 4.98 Å². The van der Waals surface area contributed by atoms with E-state index in [1.165, 1.54) is 0 Å². The summed E-state index contributed by atoms with van der Waals surface area (Å²) in [6.45, 7) is 0. The lowest BCUT2D eigenvalue weighted by Gasteiger charge is -1.97. The van der Waals surface area contributed by atoms with Gasteiger partial charge in [-0.2, -0.15) is 0 Å². The molecule has 1 N–H and O–H groups in total. The maximum absolute atomic E-state index is 10.5. The fourth-order valence-electron chi connectivity index (χ4n) is 1.44. The molecule has 0 atom stereocenters. The molecule has 84 valence electrons. The van der Waals surface area contributed by atoms with E-state index in [2.05, 4.69) is 4.98 Å². The highest BCUT2D eigenvalue weighted by Gasteiger charge is 2.05. The third-order valence-corrected chi connectivity index (χ3v) is 4.24. The summed E-state index contributed by atoms with van der Waals surface area (Å²) in [4.78, 5) is 14.9. The summed E-state index contributed by atoms with van der Waals surface area (Å²) >= 11 is 3.28. The zero-order valence-electron chi connectivity index (χ0n) is 8.77. The SMILES string of the molecule is CSc1nc2ccc(CCC(=O)O)cc2s1. The number of fused-ring (bicyclic) bond motifs is 1. The Morgan fingerprint density at radius 2 is 2.38 bits per heavy atom. The number of benzene rings is 1. The minimum absolute atomic E-state index is 0.180. The lowest BCUT2D eigenvalue weighted by Crippen LogP contribution is -1.96. The molecule has 1 aromatic carbocycles. The van der Waals surface area contributed by atoms with E-state index in [0.29, 0.717) is 6.42 Å². The molecule has 0 radical (unpaired) electrons. The number of hydrogen-bond acceptors (Lipinski definition) is 4. The monoisotopic (exact) mass is 253 g/mol. The number of aromatic nitrogens is 1. The van der Waals surface area contributed by atoms with Gasteiger partial charge in [0.05, 0.1) is 10.2 Å². The van der Waals surface area contributed by atoms with Gasteiger partial charge >= 0.3 is 5.97 Å². The van der Waals surface area contributed by atoms with Gasteiger partial charge in [0.15, 0.2) is 4.34 Å². The molecule has 0 spiro atoms. The van der Waals surface area contributed by atoms with E-state index >= 15 is 0 Å². The molecule has 0 fully saturated rings. The molecule has 16 heavy (non-hydrogen) atoms. The van der Waals surface area contributed by atoms with Crippen LogP contribution in [0.15, 0.2) is 22.5 Å². The van der Waals surface area contributed by atoms with E-state index in [1.54, 1.807) is 23.1 Å². The highest BCUT2D eigenvalue weighted by molar-refractivity contribution is 8.00. The fourth-order valence-corrected chi connectivity index (χ4v) is 2.99. The second kappa shape index (κ2) is 4.84. The number of nitrogens with zero attached hydrogens (tertiary/aromatic N) is 1. The second-order valence-electron chi connectivity index (χ2n) is 3.38. The molecule has 0 amide bonds. The van der Waals surface area contributed by atoms with Gasteiger partial charge in [-0.1, -0.05) is 17.8 Å². The summed E-state index contributed by atoms with van der Waals surface area (Å²) in [7, 11) is 0. The fraction of sp³-hybridized carbons (Fsp3) is 0.273. The van der Waals surface area contributed by atoms with Crippen LogP contribution in [-0.4, -0.2) is 22.3 Å². The van der Waals surface area contributed by atoms with Crippen LogP contribution >= 0.6 is 23.1 Å². The quantitative estimate of drug-likeness (QED) is 0.851. The molecule has 1 heterocycles. The second-order valence-corrected chi connectivity index (χ2v) is 5.46. The number of carboxylic acids is 1. The summed E-state index contributed by atoms with van der Waals surface area (Å²) in [6.07, 6.45) is 2.76. The first kappa shape index (κ1) is 11.4. The summed E-state index contributed by atoms with van der Waals surface area (Å²) < 4.78 is 2.18. The molecule has 0 aliphatic carbocycles. The number of thiazole rings is 1. The Balaban J connectivity index is 2.25. The topological polar surface area (TPSA) is 50.2 Å². The van der Waals surface area contributed by atoms with Gasteiger partial charge in [0.25, 0.3) is 0 Å². The maximum Gasteiger partial charge on any atom is 0.303 e. The number of aryl methyl sites for hydroxylation is 1. The number of aliphatic carboxylic acids is 1. The third kappa shape index (κ3) is 2.54. The van der Waals surface area contributed by atoms with Crippen molar-refractivity contribution in [3.63, 3.8) is 0 Å². The predicted molar refractivity (Wildman–Crippen MR) is 67.4 cm³/mol. The molecule has 0 aliphatic heterocycles. The Kier molecular flexibility index (Phi) is 3.46. The lowest BCUT2D eigenvalue weighted by molar-refractivity contribution is -0.136. The minimum Gasteiger partial charge on any atom is -0.481 e. The van der Waals surface area contributed by atoms with Crippen LogP contribution in [-0.2, 0) is 11.2 Å². The first-order valence-electron chi connectivity index (χ1n) is 4.84. The average Bonchev–Trinajstić information content (AvgIpc) is 2.68. The first-order valence-corrected chi connectivity index (χ1v) is 6.88. The zero-order valence-corrected chi connectivity index (χ0v) is 10.4. The standard InChI is InChI=1S/C11H11NO2S2/c1-15-11-12-8-4-2-7(3-5-10(13)14)6-9(8)16-11/h2,4,6H,3,5H2,1H3,(H,13,14). The van der Waals surface area contributed by atoms with Crippen LogP contribution in [0.25, 0.3) is 10.2 Å². The normalized spacial score (nSPS) is 10.8. The molecule has 5 heteroatoms. The van der Waals surface area contributed by atoms with E-state index < -0.39 is 5.97 Å². The van der Waals surface area contributed by atoms with Crippen LogP contribution in [0.5, 0.6) is 0 Å². The number of thioether (sulfide) groups is 1. The zero-order chi connectivity index (χ0) is 11.5. The number of carbonyl (C=O) groups is 1. The van der Waals surface area contributed by atoms with Crippen molar-refractivity contribution in [2.75, 3.05) is 6.26 Å². The van der Waals surface area contributed by atoms with Gasteiger partial charge in [-0.25, -0.2) is 4.98 Å². The molecule has 0 bridgehead atoms. The highest BCUT2D eigenvalue weighted by Crippen LogP contribution is 2.28. The van der Waals surface area contributed by atoms with Crippen molar-refractivity contribution < 1.29 is 9.90 Å². The van der Waals surface area contributed by atoms with Crippen molar-refractivity contribution in [2.45, 2.75) is 17.2 Å². The van der Waals surface area contributed by atoms with E-state index in [-0.39, 0.29) is 6.42 Å². The van der Waals surface area contributed by atoms with Gasteiger partial charge in [-0.3, -0.25) is 4.79 Å². The molecule has 0 aliphatic rings. The van der Waals surface area contributed by atoms with Gasteiger partial charge in [0.1, 0.15) is 0 Å². The number of rotatable bonds is 4. The Morgan fingerprint density at radius 1 is 1.56 bits per heavy atom. The van der Waals surface area contributed by atoms with Gasteiger partial charge < -0.3 is 5.11 Å². The summed E-state index contributed by atoms with van der Waals surface area (Å²) in [5.74, 6) is -0.755. The molecule has 0 unspecified atom stereocenters. The summed E-state index contributed by atoms with van der Waals surface area (Å²) in [5, 5.41) is 8.62. The number of carboxylic acid groups (broad SMARTS) is 1. The van der Waals surface area contributed by atoms with Crippen LogP contribution in [0.4, 0.5) is 0 Å². The molecule has 3 nitrogen and oxygen atoms in total. The van der Waals surface area contributed by atoms with Gasteiger partial charge in [0.2, 0.25) is 0 Å². The van der Waals surface area contributed by atoms with E-state index in [9.17, 15) is 4.79 Å². The van der Waals surface area contributed by atoms with Gasteiger partial charge in [-0.05, 0) is 30.4 Å². The molecule has 1 aromatic heterocycles. The van der Waals surface area contributed by atoms with Crippen molar-refractivity contribution in [3.05, 3.63) is 23.8 Å². The van der Waals surface area contributed by atoms with Crippen molar-refractivity contribution in [3.8, 4) is 0 Å². The lowest BCUT2D eigenvalue weighted by atomic mass is 10.1. The van der Waals surface area contributed by atoms with Crippen LogP contribution in [0.2, 0.25) is 0 Å². The Labute approximate surface area is 102 Å². The Morgan fingerprint density at radius 3 is 3.06 bits per heavy atom. The van der Waals surface area contributed by atoms with Crippen molar-refractivity contribution in [1.29, 1.82) is 0 Å². The van der Waals surface area contributed by atoms with E-state index in [4.69, 9.17) is 5.11 Å². The first-order chi connectivity index (χ1) is 7.69. The molecule has 2 aromatic rings. The van der Waals surface area contributed by atoms with Crippen molar-refractivity contribution in [2.24, 2.45) is 0 Å². The largest absolute Gasteiger partial charge is 0.481 e.